The fourth-order valence-corrected chi connectivity index (χ4v) is 4.11. The van der Waals surface area contributed by atoms with E-state index >= 15 is 0 Å². The number of ether oxygens (including phenoxy) is 1. The van der Waals surface area contributed by atoms with Crippen LogP contribution >= 0.6 is 0 Å². The monoisotopic (exact) mass is 449 g/mol. The van der Waals surface area contributed by atoms with Crippen molar-refractivity contribution in [3.63, 3.8) is 0 Å². The van der Waals surface area contributed by atoms with Gasteiger partial charge in [0, 0.05) is 42.5 Å². The van der Waals surface area contributed by atoms with Crippen molar-refractivity contribution in [1.29, 1.82) is 0 Å². The third-order valence-electron chi connectivity index (χ3n) is 6.18. The van der Waals surface area contributed by atoms with Crippen molar-refractivity contribution in [2.75, 3.05) is 49.6 Å². The second-order valence-corrected chi connectivity index (χ2v) is 8.52. The van der Waals surface area contributed by atoms with Gasteiger partial charge in [0.2, 0.25) is 5.91 Å². The van der Waals surface area contributed by atoms with Crippen molar-refractivity contribution < 1.29 is 13.9 Å². The molecule has 1 N–H and O–H groups in total. The lowest BCUT2D eigenvalue weighted by atomic mass is 10.0. The van der Waals surface area contributed by atoms with Crippen LogP contribution in [0.25, 0.3) is 11.0 Å². The van der Waals surface area contributed by atoms with Gasteiger partial charge in [-0.1, -0.05) is 6.92 Å². The summed E-state index contributed by atoms with van der Waals surface area (Å²) in [5.41, 5.74) is 5.20. The molecule has 1 saturated heterocycles. The summed E-state index contributed by atoms with van der Waals surface area (Å²) < 4.78 is 10.8. The zero-order valence-electron chi connectivity index (χ0n) is 19.5. The topological polar surface area (TPSA) is 75.0 Å². The molecule has 1 aliphatic heterocycles. The molecule has 0 saturated carbocycles. The minimum Gasteiger partial charge on any atom is -0.423 e. The minimum absolute atomic E-state index is 0.0877. The van der Waals surface area contributed by atoms with Gasteiger partial charge in [-0.15, -0.1) is 0 Å². The average Bonchev–Trinajstić information content (AvgIpc) is 2.81. The van der Waals surface area contributed by atoms with E-state index in [4.69, 9.17) is 9.15 Å². The highest BCUT2D eigenvalue weighted by Gasteiger charge is 2.15. The zero-order valence-corrected chi connectivity index (χ0v) is 19.5. The van der Waals surface area contributed by atoms with Gasteiger partial charge in [-0.25, -0.2) is 4.79 Å². The number of likely N-dealkylation sites (N-methyl/N-ethyl adjacent to an activating group) is 1. The number of carbonyl (C=O) groups excluding carboxylic acids is 1. The van der Waals surface area contributed by atoms with Gasteiger partial charge in [-0.3, -0.25) is 9.69 Å². The fourth-order valence-electron chi connectivity index (χ4n) is 4.11. The van der Waals surface area contributed by atoms with Gasteiger partial charge >= 0.3 is 5.63 Å². The molecule has 1 fully saturated rings. The lowest BCUT2D eigenvalue weighted by molar-refractivity contribution is -0.117. The first kappa shape index (κ1) is 23.0. The molecule has 2 heterocycles. The summed E-state index contributed by atoms with van der Waals surface area (Å²) in [5.74, 6) is -0.0877. The quantitative estimate of drug-likeness (QED) is 0.555. The summed E-state index contributed by atoms with van der Waals surface area (Å²) in [7, 11) is 0. The lowest BCUT2D eigenvalue weighted by Gasteiger charge is -2.29. The Balaban J connectivity index is 1.42. The molecular weight excluding hydrogens is 418 g/mol. The zero-order chi connectivity index (χ0) is 23.4. The number of carbonyl (C=O) groups is 1. The standard InChI is InChI=1S/C26H31N3O4/c1-4-28(16-20-15-26(31)33-24-14-19(3)18(2)13-23(20)24)17-25(30)27-21-5-7-22(8-6-21)29-9-11-32-12-10-29/h5-8,13-15H,4,9-12,16-17H2,1-3H3,(H,27,30). The summed E-state index contributed by atoms with van der Waals surface area (Å²) in [6.45, 7) is 10.7. The SMILES string of the molecule is CCN(CC(=O)Nc1ccc(N2CCOCC2)cc1)Cc1cc(=O)oc2cc(C)c(C)cc12. The number of rotatable bonds is 7. The van der Waals surface area contributed by atoms with Crippen molar-refractivity contribution >= 4 is 28.3 Å². The highest BCUT2D eigenvalue weighted by molar-refractivity contribution is 5.92. The van der Waals surface area contributed by atoms with Crippen LogP contribution in [0.5, 0.6) is 0 Å². The summed E-state index contributed by atoms with van der Waals surface area (Å²) in [4.78, 5) is 29.1. The molecule has 7 nitrogen and oxygen atoms in total. The van der Waals surface area contributed by atoms with E-state index in [1.165, 1.54) is 6.07 Å². The molecule has 1 aromatic heterocycles. The van der Waals surface area contributed by atoms with E-state index in [2.05, 4.69) is 10.2 Å². The van der Waals surface area contributed by atoms with Crippen LogP contribution in [-0.4, -0.2) is 50.2 Å². The first-order valence-electron chi connectivity index (χ1n) is 11.4. The van der Waals surface area contributed by atoms with Crippen LogP contribution in [0.3, 0.4) is 0 Å². The molecule has 0 atom stereocenters. The maximum absolute atomic E-state index is 12.7. The van der Waals surface area contributed by atoms with E-state index < -0.39 is 0 Å². The Labute approximate surface area is 193 Å². The number of amides is 1. The molecule has 7 heteroatoms. The molecule has 0 unspecified atom stereocenters. The van der Waals surface area contributed by atoms with Crippen molar-refractivity contribution in [3.8, 4) is 0 Å². The molecule has 0 spiro atoms. The number of nitrogens with one attached hydrogen (secondary N) is 1. The number of hydrogen-bond donors (Lipinski definition) is 1. The van der Waals surface area contributed by atoms with E-state index in [-0.39, 0.29) is 18.1 Å². The second-order valence-electron chi connectivity index (χ2n) is 8.52. The number of nitrogens with zero attached hydrogens (tertiary/aromatic N) is 2. The lowest BCUT2D eigenvalue weighted by Crippen LogP contribution is -2.36. The van der Waals surface area contributed by atoms with E-state index in [1.54, 1.807) is 0 Å². The van der Waals surface area contributed by atoms with Crippen LogP contribution in [0.15, 0.2) is 51.7 Å². The maximum atomic E-state index is 12.7. The Bertz CT molecular complexity index is 1180. The Morgan fingerprint density at radius 2 is 1.76 bits per heavy atom. The maximum Gasteiger partial charge on any atom is 0.336 e. The summed E-state index contributed by atoms with van der Waals surface area (Å²) >= 11 is 0. The molecule has 0 bridgehead atoms. The molecule has 1 aliphatic rings. The van der Waals surface area contributed by atoms with Crippen LogP contribution in [-0.2, 0) is 16.1 Å². The van der Waals surface area contributed by atoms with Crippen LogP contribution < -0.4 is 15.8 Å². The van der Waals surface area contributed by atoms with E-state index in [9.17, 15) is 9.59 Å². The Kier molecular flexibility index (Phi) is 7.11. The predicted octanol–water partition coefficient (Wildman–Crippen LogP) is 3.71. The molecule has 1 amide bonds. The largest absolute Gasteiger partial charge is 0.423 e. The molecule has 0 radical (unpaired) electrons. The van der Waals surface area contributed by atoms with Gasteiger partial charge in [-0.05, 0) is 73.5 Å². The van der Waals surface area contributed by atoms with Crippen molar-refractivity contribution in [1.82, 2.24) is 4.90 Å². The fraction of sp³-hybridized carbons (Fsp3) is 0.385. The summed E-state index contributed by atoms with van der Waals surface area (Å²) in [6, 6.07) is 13.4. The highest BCUT2D eigenvalue weighted by atomic mass is 16.5. The van der Waals surface area contributed by atoms with Crippen LogP contribution in [0.1, 0.15) is 23.6 Å². The van der Waals surface area contributed by atoms with Gasteiger partial charge in [0.05, 0.1) is 19.8 Å². The van der Waals surface area contributed by atoms with Crippen LogP contribution in [0, 0.1) is 13.8 Å². The number of aryl methyl sites for hydroxylation is 2. The van der Waals surface area contributed by atoms with E-state index in [0.29, 0.717) is 18.7 Å². The number of anilines is 2. The molecule has 2 aromatic carbocycles. The Morgan fingerprint density at radius 3 is 2.45 bits per heavy atom. The summed E-state index contributed by atoms with van der Waals surface area (Å²) in [5, 5.41) is 3.90. The van der Waals surface area contributed by atoms with Crippen LogP contribution in [0.4, 0.5) is 11.4 Å². The number of hydrogen-bond acceptors (Lipinski definition) is 6. The molecule has 4 rings (SSSR count). The average molecular weight is 450 g/mol. The molecule has 0 aliphatic carbocycles. The van der Waals surface area contributed by atoms with E-state index in [1.807, 2.05) is 62.1 Å². The highest BCUT2D eigenvalue weighted by Crippen LogP contribution is 2.23. The third kappa shape index (κ3) is 5.61. The minimum atomic E-state index is -0.374. The molecule has 3 aromatic rings. The predicted molar refractivity (Wildman–Crippen MR) is 131 cm³/mol. The van der Waals surface area contributed by atoms with Crippen molar-refractivity contribution in [2.45, 2.75) is 27.3 Å². The van der Waals surface area contributed by atoms with Gasteiger partial charge in [-0.2, -0.15) is 0 Å². The van der Waals surface area contributed by atoms with Gasteiger partial charge in [0.25, 0.3) is 0 Å². The number of morpholine rings is 1. The number of benzene rings is 2. The Hall–Kier alpha value is -3.16. The normalized spacial score (nSPS) is 14.1. The first-order chi connectivity index (χ1) is 15.9. The third-order valence-corrected chi connectivity index (χ3v) is 6.18. The van der Waals surface area contributed by atoms with Gasteiger partial charge in [0.1, 0.15) is 5.58 Å². The smallest absolute Gasteiger partial charge is 0.336 e. The molecular formula is C26H31N3O4. The van der Waals surface area contributed by atoms with E-state index in [0.717, 1.165) is 59.8 Å². The first-order valence-corrected chi connectivity index (χ1v) is 11.4. The molecule has 174 valence electrons. The molecule has 33 heavy (non-hydrogen) atoms. The summed E-state index contributed by atoms with van der Waals surface area (Å²) in [6.07, 6.45) is 0. The Morgan fingerprint density at radius 1 is 1.06 bits per heavy atom. The van der Waals surface area contributed by atoms with Crippen molar-refractivity contribution in [3.05, 3.63) is 69.6 Å². The number of fused-ring (bicyclic) bond motifs is 1. The van der Waals surface area contributed by atoms with Gasteiger partial charge < -0.3 is 19.4 Å². The van der Waals surface area contributed by atoms with Gasteiger partial charge in [0.15, 0.2) is 0 Å². The van der Waals surface area contributed by atoms with Crippen LogP contribution in [0.2, 0.25) is 0 Å². The second kappa shape index (κ2) is 10.2. The van der Waals surface area contributed by atoms with Crippen molar-refractivity contribution in [2.24, 2.45) is 0 Å².